The third-order valence-corrected chi connectivity index (χ3v) is 2.73. The molecule has 1 aliphatic heterocycles. The number of carbonyl (C=O) groups excluding carboxylic acids is 1. The third-order valence-electron chi connectivity index (χ3n) is 2.73. The lowest BCUT2D eigenvalue weighted by Gasteiger charge is -2.32. The minimum absolute atomic E-state index is 0.274. The number of nitrogens with zero attached hydrogens (tertiary/aromatic N) is 1. The maximum Gasteiger partial charge on any atom is 0.316 e. The first-order valence-corrected chi connectivity index (χ1v) is 5.50. The summed E-state index contributed by atoms with van der Waals surface area (Å²) in [6, 6.07) is 0. The van der Waals surface area contributed by atoms with Crippen molar-refractivity contribution in [2.75, 3.05) is 13.1 Å². The molecule has 0 bridgehead atoms. The molecule has 0 fully saturated rings. The van der Waals surface area contributed by atoms with Crippen LogP contribution in [0.4, 0.5) is 0 Å². The quantitative estimate of drug-likeness (QED) is 0.572. The van der Waals surface area contributed by atoms with Gasteiger partial charge in [-0.05, 0) is 11.8 Å². The van der Waals surface area contributed by atoms with Crippen molar-refractivity contribution < 1.29 is 14.7 Å². The second-order valence-electron chi connectivity index (χ2n) is 5.18. The molecule has 0 saturated heterocycles. The van der Waals surface area contributed by atoms with Gasteiger partial charge in [0.2, 0.25) is 5.91 Å². The van der Waals surface area contributed by atoms with Gasteiger partial charge in [0.15, 0.2) is 0 Å². The Kier molecular flexibility index (Phi) is 3.73. The number of carbonyl (C=O) groups is 2. The largest absolute Gasteiger partial charge is 0.481 e. The van der Waals surface area contributed by atoms with Gasteiger partial charge in [0.25, 0.3) is 0 Å². The molecule has 0 aromatic heterocycles. The molecule has 4 heteroatoms. The molecular weight excluding hydrogens is 206 g/mol. The second-order valence-corrected chi connectivity index (χ2v) is 5.18. The van der Waals surface area contributed by atoms with Crippen molar-refractivity contribution in [2.45, 2.75) is 27.2 Å². The molecule has 1 aliphatic rings. The van der Waals surface area contributed by atoms with Gasteiger partial charge in [-0.2, -0.15) is 0 Å². The number of aliphatic carboxylic acids is 1. The number of carboxylic acid groups (broad SMARTS) is 1. The molecule has 0 radical (unpaired) electrons. The van der Waals surface area contributed by atoms with Crippen LogP contribution >= 0.6 is 0 Å². The zero-order valence-electron chi connectivity index (χ0n) is 10.1. The Morgan fingerprint density at radius 1 is 1.31 bits per heavy atom. The average molecular weight is 225 g/mol. The fraction of sp³-hybridized carbons (Fsp3) is 0.667. The van der Waals surface area contributed by atoms with Gasteiger partial charge in [0.1, 0.15) is 5.92 Å². The molecule has 0 aromatic carbocycles. The molecule has 0 aromatic rings. The van der Waals surface area contributed by atoms with E-state index in [2.05, 4.69) is 0 Å². The van der Waals surface area contributed by atoms with Crippen LogP contribution in [0.1, 0.15) is 27.2 Å². The topological polar surface area (TPSA) is 57.6 Å². The molecule has 1 N–H and O–H groups in total. The minimum atomic E-state index is -1.04. The number of amides is 1. The third kappa shape index (κ3) is 2.84. The van der Waals surface area contributed by atoms with Crippen LogP contribution in [0.5, 0.6) is 0 Å². The Hall–Kier alpha value is -1.32. The first-order chi connectivity index (χ1) is 7.34. The van der Waals surface area contributed by atoms with Crippen molar-refractivity contribution in [3.63, 3.8) is 0 Å². The molecule has 16 heavy (non-hydrogen) atoms. The van der Waals surface area contributed by atoms with Crippen molar-refractivity contribution in [3.05, 3.63) is 12.2 Å². The predicted octanol–water partition coefficient (Wildman–Crippen LogP) is 1.52. The maximum atomic E-state index is 12.1. The normalized spacial score (nSPS) is 18.3. The van der Waals surface area contributed by atoms with Crippen molar-refractivity contribution in [2.24, 2.45) is 11.3 Å². The molecule has 4 nitrogen and oxygen atoms in total. The van der Waals surface area contributed by atoms with Gasteiger partial charge in [-0.3, -0.25) is 9.59 Å². The molecule has 0 aliphatic carbocycles. The highest BCUT2D eigenvalue weighted by Gasteiger charge is 2.39. The van der Waals surface area contributed by atoms with Crippen LogP contribution in [0.15, 0.2) is 12.2 Å². The lowest BCUT2D eigenvalue weighted by Crippen LogP contribution is -2.46. The van der Waals surface area contributed by atoms with E-state index >= 15 is 0 Å². The summed E-state index contributed by atoms with van der Waals surface area (Å²) in [7, 11) is 0. The maximum absolute atomic E-state index is 12.1. The number of rotatable bonds is 2. The van der Waals surface area contributed by atoms with Crippen molar-refractivity contribution >= 4 is 11.9 Å². The Labute approximate surface area is 95.9 Å². The summed E-state index contributed by atoms with van der Waals surface area (Å²) in [5.74, 6) is -2.27. The second kappa shape index (κ2) is 4.68. The zero-order valence-corrected chi connectivity index (χ0v) is 10.1. The van der Waals surface area contributed by atoms with E-state index in [0.29, 0.717) is 13.1 Å². The van der Waals surface area contributed by atoms with Gasteiger partial charge in [0, 0.05) is 13.1 Å². The molecule has 0 spiro atoms. The number of carboxylic acids is 1. The first-order valence-electron chi connectivity index (χ1n) is 5.50. The van der Waals surface area contributed by atoms with Crippen LogP contribution < -0.4 is 0 Å². The molecule has 0 saturated carbocycles. The van der Waals surface area contributed by atoms with Crippen molar-refractivity contribution in [1.82, 2.24) is 4.90 Å². The van der Waals surface area contributed by atoms with Gasteiger partial charge in [-0.15, -0.1) is 0 Å². The van der Waals surface area contributed by atoms with Gasteiger partial charge >= 0.3 is 5.97 Å². The Balaban J connectivity index is 2.83. The molecule has 1 atom stereocenters. The van der Waals surface area contributed by atoms with E-state index in [0.717, 1.165) is 6.42 Å². The Morgan fingerprint density at radius 3 is 2.31 bits per heavy atom. The highest BCUT2D eigenvalue weighted by atomic mass is 16.4. The highest BCUT2D eigenvalue weighted by molar-refractivity contribution is 5.97. The number of hydrogen-bond acceptors (Lipinski definition) is 2. The fourth-order valence-corrected chi connectivity index (χ4v) is 1.87. The van der Waals surface area contributed by atoms with E-state index in [1.54, 1.807) is 25.7 Å². The van der Waals surface area contributed by atoms with Crippen LogP contribution in [-0.2, 0) is 9.59 Å². The highest BCUT2D eigenvalue weighted by Crippen LogP contribution is 2.28. The molecule has 1 rings (SSSR count). The van der Waals surface area contributed by atoms with Crippen LogP contribution in [0.3, 0.4) is 0 Å². The Bertz CT molecular complexity index is 315. The fourth-order valence-electron chi connectivity index (χ4n) is 1.87. The van der Waals surface area contributed by atoms with Crippen molar-refractivity contribution in [3.8, 4) is 0 Å². The van der Waals surface area contributed by atoms with E-state index in [1.165, 1.54) is 0 Å². The lowest BCUT2D eigenvalue weighted by atomic mass is 9.79. The first kappa shape index (κ1) is 12.7. The van der Waals surface area contributed by atoms with Crippen molar-refractivity contribution in [1.29, 1.82) is 0 Å². The van der Waals surface area contributed by atoms with Gasteiger partial charge < -0.3 is 10.0 Å². The molecule has 1 amide bonds. The summed E-state index contributed by atoms with van der Waals surface area (Å²) in [5.41, 5.74) is -0.552. The summed E-state index contributed by atoms with van der Waals surface area (Å²) >= 11 is 0. The summed E-state index contributed by atoms with van der Waals surface area (Å²) in [6.45, 7) is 6.49. The summed E-state index contributed by atoms with van der Waals surface area (Å²) in [6.07, 6.45) is 4.72. The van der Waals surface area contributed by atoms with E-state index < -0.39 is 17.3 Å². The SMILES string of the molecule is CC(C)(C)C(C(=O)O)C(=O)N1CC=CCC1. The monoisotopic (exact) mass is 225 g/mol. The number of hydrogen-bond donors (Lipinski definition) is 1. The predicted molar refractivity (Wildman–Crippen MR) is 60.9 cm³/mol. The van der Waals surface area contributed by atoms with E-state index in [4.69, 9.17) is 5.11 Å². The summed E-state index contributed by atoms with van der Waals surface area (Å²) < 4.78 is 0. The van der Waals surface area contributed by atoms with E-state index in [9.17, 15) is 9.59 Å². The van der Waals surface area contributed by atoms with Gasteiger partial charge in [-0.1, -0.05) is 32.9 Å². The van der Waals surface area contributed by atoms with E-state index in [-0.39, 0.29) is 5.91 Å². The van der Waals surface area contributed by atoms with Crippen LogP contribution in [0.2, 0.25) is 0 Å². The van der Waals surface area contributed by atoms with Crippen LogP contribution in [0, 0.1) is 11.3 Å². The molecular formula is C12H19NO3. The van der Waals surface area contributed by atoms with E-state index in [1.807, 2.05) is 12.2 Å². The van der Waals surface area contributed by atoms with Crippen LogP contribution in [-0.4, -0.2) is 35.0 Å². The minimum Gasteiger partial charge on any atom is -0.481 e. The molecule has 1 unspecified atom stereocenters. The van der Waals surface area contributed by atoms with Gasteiger partial charge in [0.05, 0.1) is 0 Å². The molecule has 90 valence electrons. The summed E-state index contributed by atoms with van der Waals surface area (Å²) in [5, 5.41) is 9.14. The summed E-state index contributed by atoms with van der Waals surface area (Å²) in [4.78, 5) is 24.9. The smallest absolute Gasteiger partial charge is 0.316 e. The zero-order chi connectivity index (χ0) is 12.3. The van der Waals surface area contributed by atoms with Gasteiger partial charge in [-0.25, -0.2) is 0 Å². The molecule has 1 heterocycles. The lowest BCUT2D eigenvalue weighted by molar-refractivity contribution is -0.156. The average Bonchev–Trinajstić information content (AvgIpc) is 2.16. The standard InChI is InChI=1S/C12H19NO3/c1-12(2,3)9(11(15)16)10(14)13-7-5-4-6-8-13/h4-5,9H,6-8H2,1-3H3,(H,15,16). The van der Waals surface area contributed by atoms with Crippen LogP contribution in [0.25, 0.3) is 0 Å². The Morgan fingerprint density at radius 2 is 1.94 bits per heavy atom.